The predicted octanol–water partition coefficient (Wildman–Crippen LogP) is 1.58. The second-order valence-electron chi connectivity index (χ2n) is 3.81. The highest BCUT2D eigenvalue weighted by atomic mass is 16.6. The molecule has 1 fully saturated rings. The van der Waals surface area contributed by atoms with E-state index in [1.165, 1.54) is 0 Å². The Morgan fingerprint density at radius 3 is 3.15 bits per heavy atom. The SMILES string of the molecule is O=C(O)CCC1C=CCC2OC2C1. The van der Waals surface area contributed by atoms with Crippen LogP contribution >= 0.6 is 0 Å². The van der Waals surface area contributed by atoms with Crippen LogP contribution in [0.4, 0.5) is 0 Å². The maximum absolute atomic E-state index is 10.4. The van der Waals surface area contributed by atoms with Gasteiger partial charge >= 0.3 is 5.97 Å². The normalized spacial score (nSPS) is 36.5. The van der Waals surface area contributed by atoms with Gasteiger partial charge in [0.25, 0.3) is 0 Å². The first-order valence-corrected chi connectivity index (χ1v) is 4.79. The van der Waals surface area contributed by atoms with E-state index in [1.54, 1.807) is 0 Å². The molecular formula is C10H14O3. The molecular weight excluding hydrogens is 168 g/mol. The molecule has 3 atom stereocenters. The number of ether oxygens (including phenoxy) is 1. The van der Waals surface area contributed by atoms with Gasteiger partial charge in [-0.15, -0.1) is 0 Å². The Morgan fingerprint density at radius 1 is 1.54 bits per heavy atom. The summed E-state index contributed by atoms with van der Waals surface area (Å²) >= 11 is 0. The highest BCUT2D eigenvalue weighted by Gasteiger charge is 2.39. The molecule has 1 saturated heterocycles. The molecule has 0 aromatic heterocycles. The van der Waals surface area contributed by atoms with E-state index in [9.17, 15) is 4.79 Å². The number of allylic oxidation sites excluding steroid dienone is 1. The van der Waals surface area contributed by atoms with Crippen LogP contribution in [0.3, 0.4) is 0 Å². The van der Waals surface area contributed by atoms with Crippen LogP contribution in [0, 0.1) is 5.92 Å². The number of aliphatic carboxylic acids is 1. The number of hydrogen-bond donors (Lipinski definition) is 1. The molecule has 2 aliphatic rings. The molecule has 3 nitrogen and oxygen atoms in total. The molecule has 0 spiro atoms. The van der Waals surface area contributed by atoms with Gasteiger partial charge in [0.05, 0.1) is 12.2 Å². The van der Waals surface area contributed by atoms with Crippen LogP contribution in [0.25, 0.3) is 0 Å². The van der Waals surface area contributed by atoms with E-state index in [-0.39, 0.29) is 6.42 Å². The molecule has 1 N–H and O–H groups in total. The van der Waals surface area contributed by atoms with E-state index >= 15 is 0 Å². The predicted molar refractivity (Wildman–Crippen MR) is 47.4 cm³/mol. The molecule has 72 valence electrons. The summed E-state index contributed by atoms with van der Waals surface area (Å²) < 4.78 is 5.40. The second-order valence-corrected chi connectivity index (χ2v) is 3.81. The summed E-state index contributed by atoms with van der Waals surface area (Å²) in [6.45, 7) is 0. The zero-order valence-corrected chi connectivity index (χ0v) is 7.48. The summed E-state index contributed by atoms with van der Waals surface area (Å²) in [7, 11) is 0. The minimum absolute atomic E-state index is 0.270. The number of epoxide rings is 1. The zero-order valence-electron chi connectivity index (χ0n) is 7.48. The summed E-state index contributed by atoms with van der Waals surface area (Å²) in [5, 5.41) is 8.54. The maximum Gasteiger partial charge on any atom is 0.303 e. The van der Waals surface area contributed by atoms with Crippen LogP contribution in [-0.4, -0.2) is 23.3 Å². The third kappa shape index (κ3) is 2.31. The van der Waals surface area contributed by atoms with Crippen molar-refractivity contribution in [3.05, 3.63) is 12.2 Å². The largest absolute Gasteiger partial charge is 0.481 e. The number of carbonyl (C=O) groups is 1. The lowest BCUT2D eigenvalue weighted by Crippen LogP contribution is -2.04. The van der Waals surface area contributed by atoms with Crippen molar-refractivity contribution in [1.82, 2.24) is 0 Å². The summed E-state index contributed by atoms with van der Waals surface area (Å²) in [6.07, 6.45) is 8.16. The monoisotopic (exact) mass is 182 g/mol. The van der Waals surface area contributed by atoms with E-state index in [0.29, 0.717) is 18.1 Å². The first kappa shape index (κ1) is 8.75. The van der Waals surface area contributed by atoms with Crippen LogP contribution < -0.4 is 0 Å². The Kier molecular flexibility index (Phi) is 2.36. The highest BCUT2D eigenvalue weighted by molar-refractivity contribution is 5.66. The van der Waals surface area contributed by atoms with Crippen molar-refractivity contribution in [3.8, 4) is 0 Å². The Labute approximate surface area is 77.4 Å². The minimum atomic E-state index is -0.703. The number of carboxylic acid groups (broad SMARTS) is 1. The smallest absolute Gasteiger partial charge is 0.303 e. The van der Waals surface area contributed by atoms with Crippen molar-refractivity contribution in [2.24, 2.45) is 5.92 Å². The molecule has 13 heavy (non-hydrogen) atoms. The van der Waals surface area contributed by atoms with Crippen molar-refractivity contribution in [1.29, 1.82) is 0 Å². The van der Waals surface area contributed by atoms with Crippen LogP contribution in [0.5, 0.6) is 0 Å². The lowest BCUT2D eigenvalue weighted by atomic mass is 9.98. The van der Waals surface area contributed by atoms with Gasteiger partial charge < -0.3 is 9.84 Å². The highest BCUT2D eigenvalue weighted by Crippen LogP contribution is 2.35. The second kappa shape index (κ2) is 3.50. The molecule has 1 aliphatic carbocycles. The van der Waals surface area contributed by atoms with Gasteiger partial charge in [0.1, 0.15) is 0 Å². The summed E-state index contributed by atoms with van der Waals surface area (Å²) in [5.41, 5.74) is 0. The molecule has 0 radical (unpaired) electrons. The fraction of sp³-hybridized carbons (Fsp3) is 0.700. The molecule has 0 saturated carbocycles. The minimum Gasteiger partial charge on any atom is -0.481 e. The fourth-order valence-electron chi connectivity index (χ4n) is 1.90. The van der Waals surface area contributed by atoms with Gasteiger partial charge in [-0.2, -0.15) is 0 Å². The number of carboxylic acids is 1. The molecule has 0 bridgehead atoms. The number of fused-ring (bicyclic) bond motifs is 1. The Hall–Kier alpha value is -0.830. The first-order valence-electron chi connectivity index (χ1n) is 4.79. The Balaban J connectivity index is 1.80. The third-order valence-corrected chi connectivity index (χ3v) is 2.73. The molecule has 1 heterocycles. The van der Waals surface area contributed by atoms with E-state index in [1.807, 2.05) is 0 Å². The van der Waals surface area contributed by atoms with Gasteiger partial charge in [-0.1, -0.05) is 12.2 Å². The molecule has 2 rings (SSSR count). The van der Waals surface area contributed by atoms with Gasteiger partial charge in [0.2, 0.25) is 0 Å². The van der Waals surface area contributed by atoms with Gasteiger partial charge in [-0.05, 0) is 25.2 Å². The van der Waals surface area contributed by atoms with Crippen molar-refractivity contribution < 1.29 is 14.6 Å². The van der Waals surface area contributed by atoms with Crippen molar-refractivity contribution >= 4 is 5.97 Å². The lowest BCUT2D eigenvalue weighted by Gasteiger charge is -2.07. The maximum atomic E-state index is 10.4. The van der Waals surface area contributed by atoms with Gasteiger partial charge in [-0.3, -0.25) is 4.79 Å². The van der Waals surface area contributed by atoms with E-state index in [4.69, 9.17) is 9.84 Å². The van der Waals surface area contributed by atoms with Gasteiger partial charge in [0, 0.05) is 6.42 Å². The number of hydrogen-bond acceptors (Lipinski definition) is 2. The molecule has 0 amide bonds. The summed E-state index contributed by atoms with van der Waals surface area (Å²) in [4.78, 5) is 10.4. The summed E-state index contributed by atoms with van der Waals surface area (Å²) in [6, 6.07) is 0. The molecule has 1 aliphatic heterocycles. The summed E-state index contributed by atoms with van der Waals surface area (Å²) in [5.74, 6) is -0.292. The first-order chi connectivity index (χ1) is 6.25. The molecule has 3 unspecified atom stereocenters. The third-order valence-electron chi connectivity index (χ3n) is 2.73. The van der Waals surface area contributed by atoms with Crippen molar-refractivity contribution in [2.75, 3.05) is 0 Å². The van der Waals surface area contributed by atoms with Crippen LogP contribution in [0.1, 0.15) is 25.7 Å². The van der Waals surface area contributed by atoms with E-state index in [0.717, 1.165) is 19.3 Å². The topological polar surface area (TPSA) is 49.8 Å². The van der Waals surface area contributed by atoms with E-state index < -0.39 is 5.97 Å². The zero-order chi connectivity index (χ0) is 9.26. The lowest BCUT2D eigenvalue weighted by molar-refractivity contribution is -0.137. The van der Waals surface area contributed by atoms with Crippen LogP contribution in [0.15, 0.2) is 12.2 Å². The van der Waals surface area contributed by atoms with Gasteiger partial charge in [0.15, 0.2) is 0 Å². The fourth-order valence-corrected chi connectivity index (χ4v) is 1.90. The Morgan fingerprint density at radius 2 is 2.38 bits per heavy atom. The van der Waals surface area contributed by atoms with Crippen LogP contribution in [-0.2, 0) is 9.53 Å². The number of rotatable bonds is 3. The standard InChI is InChI=1S/C10H14O3/c11-10(12)5-4-7-2-1-3-8-9(6-7)13-8/h1-2,7-9H,3-6H2,(H,11,12). The molecule has 0 aromatic carbocycles. The molecule has 0 aromatic rings. The van der Waals surface area contributed by atoms with E-state index in [2.05, 4.69) is 12.2 Å². The molecule has 3 heteroatoms. The quantitative estimate of drug-likeness (QED) is 0.532. The average Bonchev–Trinajstić information content (AvgIpc) is 2.76. The van der Waals surface area contributed by atoms with Crippen LogP contribution in [0.2, 0.25) is 0 Å². The van der Waals surface area contributed by atoms with Gasteiger partial charge in [-0.25, -0.2) is 0 Å². The van der Waals surface area contributed by atoms with Crippen molar-refractivity contribution in [2.45, 2.75) is 37.9 Å². The average molecular weight is 182 g/mol. The Bertz CT molecular complexity index is 234. The van der Waals surface area contributed by atoms with Crippen molar-refractivity contribution in [3.63, 3.8) is 0 Å².